The van der Waals surface area contributed by atoms with E-state index in [2.05, 4.69) is 15.5 Å². The normalized spacial score (nSPS) is 17.3. The quantitative estimate of drug-likeness (QED) is 0.640. The van der Waals surface area contributed by atoms with Crippen LogP contribution < -0.4 is 10.6 Å². The molecule has 6 nitrogen and oxygen atoms in total. The molecule has 0 saturated carbocycles. The lowest BCUT2D eigenvalue weighted by Gasteiger charge is -2.39. The molecule has 0 spiro atoms. The number of hydrogen-bond donors (Lipinski definition) is 2. The van der Waals surface area contributed by atoms with Crippen LogP contribution in [0.3, 0.4) is 0 Å². The average molecular weight is 257 g/mol. The molecule has 1 amide bonds. The summed E-state index contributed by atoms with van der Waals surface area (Å²) in [5.74, 6) is -0.542. The van der Waals surface area contributed by atoms with E-state index in [0.29, 0.717) is 6.61 Å². The Kier molecular flexibility index (Phi) is 5.55. The maximum atomic E-state index is 12.1. The number of amides is 1. The third-order valence-electron chi connectivity index (χ3n) is 3.16. The summed E-state index contributed by atoms with van der Waals surface area (Å²) in [7, 11) is 0. The topological polar surface area (TPSA) is 70.7 Å². The van der Waals surface area contributed by atoms with E-state index in [1.54, 1.807) is 6.92 Å². The number of nitrogens with zero attached hydrogens (tertiary/aromatic N) is 1. The lowest BCUT2D eigenvalue weighted by atomic mass is 10.0. The molecule has 1 rings (SSSR count). The molecular weight excluding hydrogens is 234 g/mol. The van der Waals surface area contributed by atoms with Gasteiger partial charge in [0.1, 0.15) is 6.54 Å². The van der Waals surface area contributed by atoms with Crippen LogP contribution in [0.2, 0.25) is 0 Å². The van der Waals surface area contributed by atoms with Crippen molar-refractivity contribution in [3.8, 4) is 0 Å². The van der Waals surface area contributed by atoms with Crippen molar-refractivity contribution < 1.29 is 14.3 Å². The van der Waals surface area contributed by atoms with Crippen molar-refractivity contribution in [2.75, 3.05) is 39.3 Å². The van der Waals surface area contributed by atoms with Gasteiger partial charge in [-0.05, 0) is 20.8 Å². The van der Waals surface area contributed by atoms with Gasteiger partial charge >= 0.3 is 5.97 Å². The van der Waals surface area contributed by atoms with Crippen molar-refractivity contribution in [3.63, 3.8) is 0 Å². The van der Waals surface area contributed by atoms with Gasteiger partial charge in [0.2, 0.25) is 5.91 Å². The molecule has 0 atom stereocenters. The zero-order valence-electron chi connectivity index (χ0n) is 11.4. The van der Waals surface area contributed by atoms with Gasteiger partial charge in [0.15, 0.2) is 0 Å². The average Bonchev–Trinajstić information content (AvgIpc) is 2.37. The number of ether oxygens (including phenoxy) is 1. The SMILES string of the molecule is CCOC(=O)CNC(=O)C(C)(C)N1CCNCC1. The minimum atomic E-state index is -0.603. The van der Waals surface area contributed by atoms with Crippen molar-refractivity contribution in [3.05, 3.63) is 0 Å². The number of esters is 1. The molecule has 0 aliphatic carbocycles. The predicted molar refractivity (Wildman–Crippen MR) is 68.2 cm³/mol. The summed E-state index contributed by atoms with van der Waals surface area (Å²) in [4.78, 5) is 25.4. The first kappa shape index (κ1) is 14.9. The highest BCUT2D eigenvalue weighted by molar-refractivity contribution is 5.88. The maximum absolute atomic E-state index is 12.1. The second-order valence-corrected chi connectivity index (χ2v) is 4.78. The summed E-state index contributed by atoms with van der Waals surface area (Å²) < 4.78 is 4.77. The standard InChI is InChI=1S/C12H23N3O3/c1-4-18-10(16)9-14-11(17)12(2,3)15-7-5-13-6-8-15/h13H,4-9H2,1-3H3,(H,14,17). The molecule has 1 fully saturated rings. The van der Waals surface area contributed by atoms with Gasteiger partial charge < -0.3 is 15.4 Å². The fourth-order valence-corrected chi connectivity index (χ4v) is 1.95. The van der Waals surface area contributed by atoms with Crippen LogP contribution in [0.5, 0.6) is 0 Å². The molecule has 18 heavy (non-hydrogen) atoms. The zero-order chi connectivity index (χ0) is 13.6. The summed E-state index contributed by atoms with van der Waals surface area (Å²) in [5.41, 5.74) is -0.603. The number of nitrogens with one attached hydrogen (secondary N) is 2. The molecule has 1 aliphatic heterocycles. The van der Waals surface area contributed by atoms with E-state index < -0.39 is 11.5 Å². The summed E-state index contributed by atoms with van der Waals surface area (Å²) >= 11 is 0. The lowest BCUT2D eigenvalue weighted by Crippen LogP contribution is -2.60. The summed E-state index contributed by atoms with van der Waals surface area (Å²) in [5, 5.41) is 5.87. The van der Waals surface area contributed by atoms with Gasteiger partial charge in [-0.3, -0.25) is 14.5 Å². The Morgan fingerprint density at radius 2 is 1.94 bits per heavy atom. The van der Waals surface area contributed by atoms with Gasteiger partial charge in [0, 0.05) is 26.2 Å². The van der Waals surface area contributed by atoms with E-state index >= 15 is 0 Å². The Balaban J connectivity index is 2.45. The zero-order valence-corrected chi connectivity index (χ0v) is 11.4. The fraction of sp³-hybridized carbons (Fsp3) is 0.833. The molecule has 0 aromatic heterocycles. The third kappa shape index (κ3) is 3.96. The molecule has 104 valence electrons. The monoisotopic (exact) mass is 257 g/mol. The van der Waals surface area contributed by atoms with Crippen LogP contribution in [0.25, 0.3) is 0 Å². The minimum absolute atomic E-state index is 0.0673. The highest BCUT2D eigenvalue weighted by atomic mass is 16.5. The van der Waals surface area contributed by atoms with E-state index in [-0.39, 0.29) is 12.5 Å². The van der Waals surface area contributed by atoms with Crippen molar-refractivity contribution in [2.24, 2.45) is 0 Å². The molecule has 0 aromatic rings. The number of carbonyl (C=O) groups is 2. The first-order valence-corrected chi connectivity index (χ1v) is 6.38. The van der Waals surface area contributed by atoms with E-state index in [9.17, 15) is 9.59 Å². The molecule has 2 N–H and O–H groups in total. The maximum Gasteiger partial charge on any atom is 0.325 e. The van der Waals surface area contributed by atoms with Crippen molar-refractivity contribution >= 4 is 11.9 Å². The molecule has 1 aliphatic rings. The van der Waals surface area contributed by atoms with Crippen molar-refractivity contribution in [1.29, 1.82) is 0 Å². The summed E-state index contributed by atoms with van der Waals surface area (Å²) in [6.07, 6.45) is 0. The highest BCUT2D eigenvalue weighted by Gasteiger charge is 2.35. The molecular formula is C12H23N3O3. The Bertz CT molecular complexity index is 299. The number of carbonyl (C=O) groups excluding carboxylic acids is 2. The van der Waals surface area contributed by atoms with E-state index in [1.165, 1.54) is 0 Å². The molecule has 0 bridgehead atoms. The molecule has 1 saturated heterocycles. The first-order chi connectivity index (χ1) is 8.48. The van der Waals surface area contributed by atoms with E-state index in [4.69, 9.17) is 4.74 Å². The summed E-state index contributed by atoms with van der Waals surface area (Å²) in [6.45, 7) is 9.18. The fourth-order valence-electron chi connectivity index (χ4n) is 1.95. The van der Waals surface area contributed by atoms with Gasteiger partial charge in [0.05, 0.1) is 12.1 Å². The van der Waals surface area contributed by atoms with Crippen LogP contribution in [0.1, 0.15) is 20.8 Å². The van der Waals surface area contributed by atoms with Crippen molar-refractivity contribution in [1.82, 2.24) is 15.5 Å². The second-order valence-electron chi connectivity index (χ2n) is 4.78. The smallest absolute Gasteiger partial charge is 0.325 e. The molecule has 0 radical (unpaired) electrons. The van der Waals surface area contributed by atoms with Crippen LogP contribution in [0.4, 0.5) is 0 Å². The second kappa shape index (κ2) is 6.70. The number of hydrogen-bond acceptors (Lipinski definition) is 5. The summed E-state index contributed by atoms with van der Waals surface area (Å²) in [6, 6.07) is 0. The van der Waals surface area contributed by atoms with Gasteiger partial charge in [-0.2, -0.15) is 0 Å². The minimum Gasteiger partial charge on any atom is -0.465 e. The van der Waals surface area contributed by atoms with Crippen LogP contribution in [-0.2, 0) is 14.3 Å². The predicted octanol–water partition coefficient (Wildman–Crippen LogP) is -0.650. The van der Waals surface area contributed by atoms with E-state index in [1.807, 2.05) is 13.8 Å². The molecule has 0 aromatic carbocycles. The van der Waals surface area contributed by atoms with Crippen LogP contribution in [-0.4, -0.2) is 61.6 Å². The Morgan fingerprint density at radius 3 is 2.50 bits per heavy atom. The van der Waals surface area contributed by atoms with E-state index in [0.717, 1.165) is 26.2 Å². The molecule has 1 heterocycles. The number of piperazine rings is 1. The highest BCUT2D eigenvalue weighted by Crippen LogP contribution is 2.14. The third-order valence-corrected chi connectivity index (χ3v) is 3.16. The van der Waals surface area contributed by atoms with Crippen molar-refractivity contribution in [2.45, 2.75) is 26.3 Å². The van der Waals surface area contributed by atoms with Crippen LogP contribution in [0.15, 0.2) is 0 Å². The Morgan fingerprint density at radius 1 is 1.33 bits per heavy atom. The van der Waals surface area contributed by atoms with Gasteiger partial charge in [-0.1, -0.05) is 0 Å². The number of rotatable bonds is 5. The molecule has 6 heteroatoms. The Labute approximate surface area is 108 Å². The first-order valence-electron chi connectivity index (χ1n) is 6.38. The Hall–Kier alpha value is -1.14. The van der Waals surface area contributed by atoms with Crippen LogP contribution >= 0.6 is 0 Å². The largest absolute Gasteiger partial charge is 0.465 e. The van der Waals surface area contributed by atoms with Gasteiger partial charge in [-0.25, -0.2) is 0 Å². The van der Waals surface area contributed by atoms with Gasteiger partial charge in [0.25, 0.3) is 0 Å². The molecule has 0 unspecified atom stereocenters. The van der Waals surface area contributed by atoms with Crippen LogP contribution in [0, 0.1) is 0 Å². The van der Waals surface area contributed by atoms with Gasteiger partial charge in [-0.15, -0.1) is 0 Å². The lowest BCUT2D eigenvalue weighted by molar-refractivity contribution is -0.144.